The van der Waals surface area contributed by atoms with Crippen molar-refractivity contribution in [3.05, 3.63) is 45.8 Å². The first-order valence-corrected chi connectivity index (χ1v) is 7.35. The molecule has 0 N–H and O–H groups in total. The molecule has 0 atom stereocenters. The molecule has 105 valence electrons. The second-order valence-electron chi connectivity index (χ2n) is 5.19. The highest BCUT2D eigenvalue weighted by Crippen LogP contribution is 2.43. The van der Waals surface area contributed by atoms with Gasteiger partial charge in [0, 0.05) is 0 Å². The molecule has 3 rings (SSSR count). The Labute approximate surface area is 129 Å². The quantitative estimate of drug-likeness (QED) is 0.754. The molecule has 1 aliphatic carbocycles. The molecule has 1 aromatic carbocycles. The average molecular weight is 310 g/mol. The van der Waals surface area contributed by atoms with Gasteiger partial charge in [0.15, 0.2) is 11.5 Å². The van der Waals surface area contributed by atoms with Crippen molar-refractivity contribution >= 4 is 28.8 Å². The molecule has 0 spiro atoms. The van der Waals surface area contributed by atoms with Crippen LogP contribution in [-0.4, -0.2) is 6.79 Å². The third-order valence-electron chi connectivity index (χ3n) is 3.58. The smallest absolute Gasteiger partial charge is 0.231 e. The van der Waals surface area contributed by atoms with Gasteiger partial charge in [0.05, 0.1) is 10.1 Å². The molecule has 4 heteroatoms. The largest absolute Gasteiger partial charge is 0.454 e. The summed E-state index contributed by atoms with van der Waals surface area (Å²) in [6.45, 7) is 4.50. The van der Waals surface area contributed by atoms with Crippen molar-refractivity contribution < 1.29 is 9.47 Å². The lowest BCUT2D eigenvalue weighted by molar-refractivity contribution is 0.174. The number of hydrogen-bond donors (Lipinski definition) is 0. The summed E-state index contributed by atoms with van der Waals surface area (Å²) in [5.41, 5.74) is 3.16. The van der Waals surface area contributed by atoms with Gasteiger partial charge in [-0.15, -0.1) is 0 Å². The number of rotatable bonds is 2. The Balaban J connectivity index is 2.02. The molecule has 20 heavy (non-hydrogen) atoms. The summed E-state index contributed by atoms with van der Waals surface area (Å²) in [7, 11) is 0. The van der Waals surface area contributed by atoms with E-state index in [1.165, 1.54) is 0 Å². The number of fused-ring (bicyclic) bond motifs is 1. The van der Waals surface area contributed by atoms with Crippen molar-refractivity contribution in [2.24, 2.45) is 5.92 Å². The van der Waals surface area contributed by atoms with Crippen LogP contribution in [0.15, 0.2) is 33.8 Å². The molecule has 0 unspecified atom stereocenters. The van der Waals surface area contributed by atoms with Gasteiger partial charge in [0.25, 0.3) is 0 Å². The monoisotopic (exact) mass is 309 g/mol. The Kier molecular flexibility index (Phi) is 3.70. The third kappa shape index (κ3) is 2.32. The van der Waals surface area contributed by atoms with E-state index in [2.05, 4.69) is 20.3 Å². The fourth-order valence-electron chi connectivity index (χ4n) is 2.47. The number of benzene rings is 1. The van der Waals surface area contributed by atoms with E-state index in [0.29, 0.717) is 16.0 Å². The van der Waals surface area contributed by atoms with Gasteiger partial charge in [-0.25, -0.2) is 0 Å². The molecule has 1 aliphatic heterocycles. The lowest BCUT2D eigenvalue weighted by Gasteiger charge is -2.22. The van der Waals surface area contributed by atoms with Crippen LogP contribution in [0.4, 0.5) is 0 Å². The van der Waals surface area contributed by atoms with Gasteiger partial charge in [-0.2, -0.15) is 0 Å². The van der Waals surface area contributed by atoms with Gasteiger partial charge in [0.1, 0.15) is 0 Å². The standard InChI is InChI=1S/C16H15Cl2O2/c1-9(2)11-4-5-12(16(18)15(11)17)10-3-6-13-14(7-10)20-8-19-13/h3-4,6-7,9H,5,8H2,1-2H3. The Bertz CT molecular complexity index is 615. The highest BCUT2D eigenvalue weighted by Gasteiger charge is 2.23. The minimum Gasteiger partial charge on any atom is -0.454 e. The van der Waals surface area contributed by atoms with Gasteiger partial charge in [-0.3, -0.25) is 0 Å². The Morgan fingerprint density at radius 3 is 2.55 bits per heavy atom. The van der Waals surface area contributed by atoms with E-state index in [0.717, 1.165) is 34.6 Å². The van der Waals surface area contributed by atoms with Gasteiger partial charge < -0.3 is 9.47 Å². The van der Waals surface area contributed by atoms with Gasteiger partial charge in [-0.1, -0.05) is 43.1 Å². The van der Waals surface area contributed by atoms with Crippen molar-refractivity contribution in [1.29, 1.82) is 0 Å². The summed E-state index contributed by atoms with van der Waals surface area (Å²) in [6, 6.07) is 5.85. The second kappa shape index (κ2) is 5.34. The first kappa shape index (κ1) is 13.8. The molecule has 0 aromatic heterocycles. The summed E-state index contributed by atoms with van der Waals surface area (Å²) in [5, 5.41) is 1.29. The normalized spacial score (nSPS) is 18.2. The number of ether oxygens (including phenoxy) is 2. The summed E-state index contributed by atoms with van der Waals surface area (Å²) in [5.74, 6) is 1.90. The summed E-state index contributed by atoms with van der Waals surface area (Å²) in [4.78, 5) is 0. The van der Waals surface area contributed by atoms with Gasteiger partial charge in [0.2, 0.25) is 6.79 Å². The molecular formula is C16H15Cl2O2. The highest BCUT2D eigenvalue weighted by molar-refractivity contribution is 6.46. The van der Waals surface area contributed by atoms with Crippen molar-refractivity contribution in [3.63, 3.8) is 0 Å². The molecule has 0 bridgehead atoms. The molecule has 0 fully saturated rings. The highest BCUT2D eigenvalue weighted by atomic mass is 35.5. The number of allylic oxidation sites excluding steroid dienone is 4. The lowest BCUT2D eigenvalue weighted by Crippen LogP contribution is -2.05. The summed E-state index contributed by atoms with van der Waals surface area (Å²) >= 11 is 12.8. The van der Waals surface area contributed by atoms with E-state index in [1.807, 2.05) is 18.2 Å². The first-order chi connectivity index (χ1) is 9.58. The molecule has 0 amide bonds. The van der Waals surface area contributed by atoms with Crippen molar-refractivity contribution in [2.75, 3.05) is 6.79 Å². The zero-order chi connectivity index (χ0) is 14.3. The van der Waals surface area contributed by atoms with Crippen LogP contribution in [0.5, 0.6) is 11.5 Å². The van der Waals surface area contributed by atoms with E-state index in [1.54, 1.807) is 0 Å². The summed E-state index contributed by atoms with van der Waals surface area (Å²) < 4.78 is 10.7. The minimum atomic E-state index is 0.274. The number of hydrogen-bond acceptors (Lipinski definition) is 2. The molecule has 0 saturated carbocycles. The van der Waals surface area contributed by atoms with Crippen LogP contribution in [0.2, 0.25) is 0 Å². The van der Waals surface area contributed by atoms with Crippen LogP contribution in [0.1, 0.15) is 25.8 Å². The third-order valence-corrected chi connectivity index (χ3v) is 4.50. The molecule has 1 heterocycles. The Morgan fingerprint density at radius 1 is 1.05 bits per heavy atom. The average Bonchev–Trinajstić information content (AvgIpc) is 2.88. The predicted molar refractivity (Wildman–Crippen MR) is 82.0 cm³/mol. The van der Waals surface area contributed by atoms with Gasteiger partial charge >= 0.3 is 0 Å². The molecule has 0 saturated heterocycles. The molecule has 2 nitrogen and oxygen atoms in total. The van der Waals surface area contributed by atoms with E-state index < -0.39 is 0 Å². The maximum absolute atomic E-state index is 6.46. The van der Waals surface area contributed by atoms with Crippen LogP contribution in [0.25, 0.3) is 5.57 Å². The van der Waals surface area contributed by atoms with Crippen LogP contribution in [0, 0.1) is 12.3 Å². The Morgan fingerprint density at radius 2 is 1.80 bits per heavy atom. The Hall–Kier alpha value is -1.12. The SMILES string of the molecule is CC(C)C1=C(Cl)C(Cl)=C(c2ccc3c(c2)OCO3)C[CH]1. The van der Waals surface area contributed by atoms with E-state index in [9.17, 15) is 0 Å². The zero-order valence-corrected chi connectivity index (χ0v) is 12.9. The van der Waals surface area contributed by atoms with Crippen LogP contribution in [0.3, 0.4) is 0 Å². The van der Waals surface area contributed by atoms with E-state index in [4.69, 9.17) is 32.7 Å². The summed E-state index contributed by atoms with van der Waals surface area (Å²) in [6.07, 6.45) is 2.93. The van der Waals surface area contributed by atoms with Crippen molar-refractivity contribution in [2.45, 2.75) is 20.3 Å². The van der Waals surface area contributed by atoms with E-state index >= 15 is 0 Å². The molecule has 2 aliphatic rings. The predicted octanol–water partition coefficient (Wildman–Crippen LogP) is 5.12. The van der Waals surface area contributed by atoms with Crippen molar-refractivity contribution in [1.82, 2.24) is 0 Å². The fourth-order valence-corrected chi connectivity index (χ4v) is 3.17. The lowest BCUT2D eigenvalue weighted by atomic mass is 9.88. The fraction of sp³-hybridized carbons (Fsp3) is 0.312. The maximum Gasteiger partial charge on any atom is 0.231 e. The molecular weight excluding hydrogens is 295 g/mol. The van der Waals surface area contributed by atoms with Crippen LogP contribution < -0.4 is 9.47 Å². The zero-order valence-electron chi connectivity index (χ0n) is 11.4. The van der Waals surface area contributed by atoms with Crippen molar-refractivity contribution in [3.8, 4) is 11.5 Å². The van der Waals surface area contributed by atoms with E-state index in [-0.39, 0.29) is 6.79 Å². The van der Waals surface area contributed by atoms with Crippen LogP contribution >= 0.6 is 23.2 Å². The second-order valence-corrected chi connectivity index (χ2v) is 5.95. The van der Waals surface area contributed by atoms with Crippen LogP contribution in [-0.2, 0) is 0 Å². The number of halogens is 2. The minimum absolute atomic E-state index is 0.274. The topological polar surface area (TPSA) is 18.5 Å². The molecule has 1 radical (unpaired) electrons. The van der Waals surface area contributed by atoms with Gasteiger partial charge in [-0.05, 0) is 47.6 Å². The maximum atomic E-state index is 6.46. The molecule has 1 aromatic rings. The first-order valence-electron chi connectivity index (χ1n) is 6.60.